The summed E-state index contributed by atoms with van der Waals surface area (Å²) in [4.78, 5) is 11.0. The van der Waals surface area contributed by atoms with Crippen molar-refractivity contribution in [3.8, 4) is 0 Å². The monoisotopic (exact) mass is 270 g/mol. The molecular weight excluding hydrogens is 256 g/mol. The standard InChI is InChI=1S/C14H14N4O2/c1-17-9-15-16-13(17)8-18-7-10(6-14(19)20)11-4-2-3-5-12(11)18/h2-5,7,9H,6,8H2,1H3,(H,19,20). The molecule has 0 aliphatic rings. The Morgan fingerprint density at radius 1 is 1.35 bits per heavy atom. The lowest BCUT2D eigenvalue weighted by molar-refractivity contribution is -0.136. The molecule has 2 heterocycles. The highest BCUT2D eigenvalue weighted by atomic mass is 16.4. The molecule has 0 saturated carbocycles. The lowest BCUT2D eigenvalue weighted by atomic mass is 10.1. The predicted octanol–water partition coefficient (Wildman–Crippen LogP) is 1.45. The summed E-state index contributed by atoms with van der Waals surface area (Å²) in [5.41, 5.74) is 1.82. The number of carboxylic acids is 1. The minimum absolute atomic E-state index is 0.0202. The third-order valence-electron chi connectivity index (χ3n) is 3.33. The molecule has 20 heavy (non-hydrogen) atoms. The molecule has 6 heteroatoms. The number of hydrogen-bond acceptors (Lipinski definition) is 3. The number of rotatable bonds is 4. The second-order valence-corrected chi connectivity index (χ2v) is 4.73. The molecule has 0 aliphatic carbocycles. The van der Waals surface area contributed by atoms with Crippen LogP contribution in [0.5, 0.6) is 0 Å². The molecule has 2 aromatic heterocycles. The number of aliphatic carboxylic acids is 1. The maximum Gasteiger partial charge on any atom is 0.307 e. The zero-order chi connectivity index (χ0) is 14.1. The molecule has 6 nitrogen and oxygen atoms in total. The average Bonchev–Trinajstić information content (AvgIpc) is 2.96. The third kappa shape index (κ3) is 2.16. The van der Waals surface area contributed by atoms with Crippen LogP contribution in [0.1, 0.15) is 11.4 Å². The van der Waals surface area contributed by atoms with Crippen LogP contribution in [0.4, 0.5) is 0 Å². The van der Waals surface area contributed by atoms with Crippen molar-refractivity contribution < 1.29 is 9.90 Å². The normalized spacial score (nSPS) is 11.1. The van der Waals surface area contributed by atoms with Gasteiger partial charge in [-0.05, 0) is 11.6 Å². The Morgan fingerprint density at radius 2 is 2.15 bits per heavy atom. The van der Waals surface area contributed by atoms with Crippen molar-refractivity contribution in [1.29, 1.82) is 0 Å². The zero-order valence-corrected chi connectivity index (χ0v) is 11.0. The van der Waals surface area contributed by atoms with Crippen molar-refractivity contribution in [1.82, 2.24) is 19.3 Å². The number of nitrogens with zero attached hydrogens (tertiary/aromatic N) is 4. The van der Waals surface area contributed by atoms with Crippen molar-refractivity contribution in [2.75, 3.05) is 0 Å². The van der Waals surface area contributed by atoms with E-state index in [1.165, 1.54) is 0 Å². The maximum absolute atomic E-state index is 11.0. The van der Waals surface area contributed by atoms with E-state index >= 15 is 0 Å². The van der Waals surface area contributed by atoms with E-state index in [1.807, 2.05) is 46.6 Å². The van der Waals surface area contributed by atoms with Gasteiger partial charge in [0.1, 0.15) is 6.33 Å². The van der Waals surface area contributed by atoms with Crippen LogP contribution in [0, 0.1) is 0 Å². The van der Waals surface area contributed by atoms with Gasteiger partial charge >= 0.3 is 5.97 Å². The lowest BCUT2D eigenvalue weighted by Gasteiger charge is -2.04. The Balaban J connectivity index is 2.06. The van der Waals surface area contributed by atoms with Gasteiger partial charge in [0.25, 0.3) is 0 Å². The summed E-state index contributed by atoms with van der Waals surface area (Å²) in [7, 11) is 1.89. The number of aromatic nitrogens is 4. The molecule has 0 spiro atoms. The van der Waals surface area contributed by atoms with Crippen molar-refractivity contribution in [3.05, 3.63) is 48.2 Å². The van der Waals surface area contributed by atoms with Crippen LogP contribution >= 0.6 is 0 Å². The Labute approximate surface area is 115 Å². The molecule has 0 fully saturated rings. The molecule has 1 aromatic carbocycles. The van der Waals surface area contributed by atoms with E-state index in [4.69, 9.17) is 5.11 Å². The molecule has 0 unspecified atom stereocenters. The quantitative estimate of drug-likeness (QED) is 0.778. The molecule has 0 amide bonds. The Bertz CT molecular complexity index is 772. The van der Waals surface area contributed by atoms with E-state index in [9.17, 15) is 4.79 Å². The average molecular weight is 270 g/mol. The Kier molecular flexibility index (Phi) is 2.98. The van der Waals surface area contributed by atoms with Crippen molar-refractivity contribution in [3.63, 3.8) is 0 Å². The van der Waals surface area contributed by atoms with Gasteiger partial charge in [-0.1, -0.05) is 18.2 Å². The molecule has 102 valence electrons. The maximum atomic E-state index is 11.0. The summed E-state index contributed by atoms with van der Waals surface area (Å²) in [6.07, 6.45) is 3.55. The number of carbonyl (C=O) groups is 1. The van der Waals surface area contributed by atoms with E-state index in [0.29, 0.717) is 6.54 Å². The first-order valence-electron chi connectivity index (χ1n) is 6.26. The van der Waals surface area contributed by atoms with Crippen LogP contribution in [0.3, 0.4) is 0 Å². The minimum Gasteiger partial charge on any atom is -0.481 e. The largest absolute Gasteiger partial charge is 0.481 e. The Hall–Kier alpha value is -2.63. The highest BCUT2D eigenvalue weighted by molar-refractivity contribution is 5.87. The fourth-order valence-electron chi connectivity index (χ4n) is 2.36. The van der Waals surface area contributed by atoms with Crippen LogP contribution in [-0.2, 0) is 24.8 Å². The highest BCUT2D eigenvalue weighted by Crippen LogP contribution is 2.22. The van der Waals surface area contributed by atoms with Crippen LogP contribution in [0.25, 0.3) is 10.9 Å². The van der Waals surface area contributed by atoms with Gasteiger partial charge in [0.15, 0.2) is 5.82 Å². The van der Waals surface area contributed by atoms with E-state index in [2.05, 4.69) is 10.2 Å². The van der Waals surface area contributed by atoms with Crippen LogP contribution < -0.4 is 0 Å². The molecule has 0 radical (unpaired) electrons. The van der Waals surface area contributed by atoms with Crippen LogP contribution in [0.15, 0.2) is 36.8 Å². The fourth-order valence-corrected chi connectivity index (χ4v) is 2.36. The molecule has 0 saturated heterocycles. The smallest absolute Gasteiger partial charge is 0.307 e. The summed E-state index contributed by atoms with van der Waals surface area (Å²) >= 11 is 0. The zero-order valence-electron chi connectivity index (χ0n) is 11.0. The van der Waals surface area contributed by atoms with E-state index in [0.717, 1.165) is 22.3 Å². The number of benzene rings is 1. The highest BCUT2D eigenvalue weighted by Gasteiger charge is 2.12. The van der Waals surface area contributed by atoms with Crippen molar-refractivity contribution in [2.45, 2.75) is 13.0 Å². The van der Waals surface area contributed by atoms with E-state index < -0.39 is 5.97 Å². The van der Waals surface area contributed by atoms with Crippen molar-refractivity contribution >= 4 is 16.9 Å². The molecule has 3 rings (SSSR count). The van der Waals surface area contributed by atoms with Crippen LogP contribution in [-0.4, -0.2) is 30.4 Å². The first-order valence-corrected chi connectivity index (χ1v) is 6.26. The summed E-state index contributed by atoms with van der Waals surface area (Å²) in [6.45, 7) is 0.566. The van der Waals surface area contributed by atoms with Gasteiger partial charge < -0.3 is 14.2 Å². The number of fused-ring (bicyclic) bond motifs is 1. The van der Waals surface area contributed by atoms with Crippen LogP contribution in [0.2, 0.25) is 0 Å². The van der Waals surface area contributed by atoms with Gasteiger partial charge in [0, 0.05) is 24.1 Å². The third-order valence-corrected chi connectivity index (χ3v) is 3.33. The number of hydrogen-bond donors (Lipinski definition) is 1. The molecule has 1 N–H and O–H groups in total. The molecule has 0 atom stereocenters. The molecule has 0 aliphatic heterocycles. The SMILES string of the molecule is Cn1cnnc1Cn1cc(CC(=O)O)c2ccccc21. The summed E-state index contributed by atoms with van der Waals surface area (Å²) in [5.74, 6) is -0.000751. The lowest BCUT2D eigenvalue weighted by Crippen LogP contribution is -2.05. The first kappa shape index (κ1) is 12.4. The van der Waals surface area contributed by atoms with Gasteiger partial charge in [-0.3, -0.25) is 4.79 Å². The summed E-state index contributed by atoms with van der Waals surface area (Å²) in [6, 6.07) is 7.79. The topological polar surface area (TPSA) is 72.9 Å². The fraction of sp³-hybridized carbons (Fsp3) is 0.214. The van der Waals surface area contributed by atoms with E-state index in [1.54, 1.807) is 6.33 Å². The van der Waals surface area contributed by atoms with E-state index in [-0.39, 0.29) is 6.42 Å². The molecular formula is C14H14N4O2. The summed E-state index contributed by atoms with van der Waals surface area (Å²) < 4.78 is 3.86. The predicted molar refractivity (Wildman–Crippen MR) is 73.4 cm³/mol. The van der Waals surface area contributed by atoms with Gasteiger partial charge in [0.05, 0.1) is 13.0 Å². The molecule has 0 bridgehead atoms. The van der Waals surface area contributed by atoms with Gasteiger partial charge in [-0.15, -0.1) is 10.2 Å². The van der Waals surface area contributed by atoms with Gasteiger partial charge in [-0.2, -0.15) is 0 Å². The number of carboxylic acid groups (broad SMARTS) is 1. The van der Waals surface area contributed by atoms with Crippen molar-refractivity contribution in [2.24, 2.45) is 7.05 Å². The molecule has 3 aromatic rings. The Morgan fingerprint density at radius 3 is 2.85 bits per heavy atom. The first-order chi connectivity index (χ1) is 9.65. The second kappa shape index (κ2) is 4.80. The number of aryl methyl sites for hydroxylation is 1. The second-order valence-electron chi connectivity index (χ2n) is 4.73. The minimum atomic E-state index is -0.827. The number of para-hydroxylation sites is 1. The van der Waals surface area contributed by atoms with Gasteiger partial charge in [0.2, 0.25) is 0 Å². The summed E-state index contributed by atoms with van der Waals surface area (Å²) in [5, 5.41) is 17.9. The van der Waals surface area contributed by atoms with Gasteiger partial charge in [-0.25, -0.2) is 0 Å².